The minimum atomic E-state index is 0.602. The third-order valence-electron chi connectivity index (χ3n) is 6.32. The van der Waals surface area contributed by atoms with Gasteiger partial charge in [0.25, 0.3) is 0 Å². The molecule has 0 saturated heterocycles. The molecule has 0 fully saturated rings. The Labute approximate surface area is 218 Å². The number of fused-ring (bicyclic) bond motifs is 2. The van der Waals surface area contributed by atoms with Crippen molar-refractivity contribution >= 4 is 74.7 Å². The van der Waals surface area contributed by atoms with Crippen LogP contribution in [0.1, 0.15) is 79.1 Å². The summed E-state index contributed by atoms with van der Waals surface area (Å²) in [5, 5.41) is 2.34. The van der Waals surface area contributed by atoms with Gasteiger partial charge in [0.2, 0.25) is 0 Å². The Balaban J connectivity index is 1.96. The predicted octanol–water partition coefficient (Wildman–Crippen LogP) is 10.8. The van der Waals surface area contributed by atoms with E-state index in [4.69, 9.17) is 9.47 Å². The van der Waals surface area contributed by atoms with E-state index < -0.39 is 0 Å². The third-order valence-corrected chi connectivity index (χ3v) is 9.59. The van der Waals surface area contributed by atoms with Gasteiger partial charge in [0.1, 0.15) is 11.5 Å². The molecule has 0 bridgehead atoms. The molecule has 2 heterocycles. The number of benzene rings is 1. The molecule has 0 aliphatic carbocycles. The van der Waals surface area contributed by atoms with Crippen LogP contribution in [0.4, 0.5) is 0 Å². The normalized spacial score (nSPS) is 13.7. The van der Waals surface area contributed by atoms with Crippen molar-refractivity contribution < 1.29 is 9.47 Å². The van der Waals surface area contributed by atoms with Crippen LogP contribution in [0.2, 0.25) is 0 Å². The average Bonchev–Trinajstić information content (AvgIpc) is 3.36. The smallest absolute Gasteiger partial charge is 0.146 e. The molecule has 0 aliphatic heterocycles. The van der Waals surface area contributed by atoms with Gasteiger partial charge >= 0.3 is 0 Å². The molecule has 2 aromatic heterocycles. The Bertz CT molecular complexity index is 862. The van der Waals surface area contributed by atoms with Crippen LogP contribution in [0.25, 0.3) is 20.2 Å². The highest BCUT2D eigenvalue weighted by atomic mass is 79.9. The summed E-state index contributed by atoms with van der Waals surface area (Å²) in [6.07, 6.45) is 9.80. The van der Waals surface area contributed by atoms with Crippen molar-refractivity contribution in [3.05, 3.63) is 19.7 Å². The number of hydrogen-bond acceptors (Lipinski definition) is 4. The molecular formula is C26H36Br2O2S2. The summed E-state index contributed by atoms with van der Waals surface area (Å²) < 4.78 is 17.8. The van der Waals surface area contributed by atoms with Crippen molar-refractivity contribution in [1.29, 1.82) is 0 Å². The fourth-order valence-electron chi connectivity index (χ4n) is 4.13. The van der Waals surface area contributed by atoms with E-state index in [9.17, 15) is 0 Å². The number of thiophene rings is 2. The Morgan fingerprint density at radius 2 is 1.12 bits per heavy atom. The first-order valence-electron chi connectivity index (χ1n) is 12.1. The Morgan fingerprint density at radius 1 is 0.719 bits per heavy atom. The summed E-state index contributed by atoms with van der Waals surface area (Å²) in [6, 6.07) is 4.41. The van der Waals surface area contributed by atoms with Crippen LogP contribution in [-0.4, -0.2) is 13.2 Å². The molecule has 6 heteroatoms. The van der Waals surface area contributed by atoms with Crippen LogP contribution >= 0.6 is 54.5 Å². The molecule has 32 heavy (non-hydrogen) atoms. The van der Waals surface area contributed by atoms with Gasteiger partial charge in [0, 0.05) is 10.8 Å². The maximum Gasteiger partial charge on any atom is 0.146 e. The third kappa shape index (κ3) is 6.43. The summed E-state index contributed by atoms with van der Waals surface area (Å²) in [5.74, 6) is 3.25. The molecule has 0 spiro atoms. The van der Waals surface area contributed by atoms with Gasteiger partial charge in [-0.1, -0.05) is 66.2 Å². The maximum absolute atomic E-state index is 6.58. The van der Waals surface area contributed by atoms with Crippen molar-refractivity contribution in [3.63, 3.8) is 0 Å². The highest BCUT2D eigenvalue weighted by Gasteiger charge is 2.22. The Kier molecular flexibility index (Phi) is 10.7. The second kappa shape index (κ2) is 13.0. The van der Waals surface area contributed by atoms with Crippen LogP contribution in [0.3, 0.4) is 0 Å². The lowest BCUT2D eigenvalue weighted by Gasteiger charge is -2.19. The van der Waals surface area contributed by atoms with E-state index in [0.717, 1.165) is 45.1 Å². The van der Waals surface area contributed by atoms with Crippen LogP contribution in [-0.2, 0) is 0 Å². The van der Waals surface area contributed by atoms with Crippen LogP contribution in [0.5, 0.6) is 11.5 Å². The number of hydrogen-bond donors (Lipinski definition) is 0. The number of ether oxygens (including phenoxy) is 2. The van der Waals surface area contributed by atoms with Crippen molar-refractivity contribution in [3.8, 4) is 11.5 Å². The molecule has 0 radical (unpaired) electrons. The minimum absolute atomic E-state index is 0.602. The van der Waals surface area contributed by atoms with E-state index in [0.29, 0.717) is 11.8 Å². The van der Waals surface area contributed by atoms with Crippen LogP contribution in [0.15, 0.2) is 19.7 Å². The molecule has 3 rings (SSSR count). The van der Waals surface area contributed by atoms with E-state index in [1.54, 1.807) is 22.7 Å². The van der Waals surface area contributed by atoms with Gasteiger partial charge in [-0.2, -0.15) is 0 Å². The second-order valence-corrected chi connectivity index (χ2v) is 13.6. The maximum atomic E-state index is 6.58. The van der Waals surface area contributed by atoms with Gasteiger partial charge in [-0.25, -0.2) is 0 Å². The number of halogens is 2. The fourth-order valence-corrected chi connectivity index (χ4v) is 7.35. The number of rotatable bonds is 14. The second-order valence-electron chi connectivity index (χ2n) is 8.70. The van der Waals surface area contributed by atoms with E-state index in [2.05, 4.69) is 71.7 Å². The van der Waals surface area contributed by atoms with Gasteiger partial charge < -0.3 is 9.47 Å². The topological polar surface area (TPSA) is 18.5 Å². The van der Waals surface area contributed by atoms with E-state index in [1.165, 1.54) is 58.7 Å². The van der Waals surface area contributed by atoms with E-state index >= 15 is 0 Å². The summed E-state index contributed by atoms with van der Waals surface area (Å²) in [7, 11) is 0. The minimum Gasteiger partial charge on any atom is -0.491 e. The Morgan fingerprint density at radius 3 is 1.47 bits per heavy atom. The van der Waals surface area contributed by atoms with Crippen molar-refractivity contribution in [2.45, 2.75) is 79.1 Å². The molecule has 1 aromatic carbocycles. The lowest BCUT2D eigenvalue weighted by Crippen LogP contribution is -2.12. The average molecular weight is 605 g/mol. The molecule has 2 atom stereocenters. The molecule has 0 amide bonds. The van der Waals surface area contributed by atoms with Crippen molar-refractivity contribution in [2.24, 2.45) is 11.8 Å². The first kappa shape index (κ1) is 26.3. The zero-order valence-electron chi connectivity index (χ0n) is 19.8. The monoisotopic (exact) mass is 602 g/mol. The number of unbranched alkanes of at least 4 members (excludes halogenated alkanes) is 2. The lowest BCUT2D eigenvalue weighted by atomic mass is 10.0. The molecule has 0 aliphatic rings. The zero-order valence-corrected chi connectivity index (χ0v) is 24.6. The first-order chi connectivity index (χ1) is 15.5. The molecule has 2 nitrogen and oxygen atoms in total. The molecule has 178 valence electrons. The summed E-state index contributed by atoms with van der Waals surface area (Å²) in [4.78, 5) is 0. The summed E-state index contributed by atoms with van der Waals surface area (Å²) >= 11 is 10.9. The van der Waals surface area contributed by atoms with E-state index in [1.807, 2.05) is 0 Å². The predicted molar refractivity (Wildman–Crippen MR) is 150 cm³/mol. The summed E-state index contributed by atoms with van der Waals surface area (Å²) in [6.45, 7) is 10.6. The lowest BCUT2D eigenvalue weighted by molar-refractivity contribution is 0.235. The SMILES string of the molecule is CCCC[C@@H](CC)COc1c2cc(Br)sc2c(OC[C@@H](CC)CCCC)c2cc(Br)sc12. The van der Waals surface area contributed by atoms with Gasteiger partial charge in [0.15, 0.2) is 0 Å². The zero-order chi connectivity index (χ0) is 23.1. The van der Waals surface area contributed by atoms with Crippen LogP contribution < -0.4 is 9.47 Å². The van der Waals surface area contributed by atoms with Gasteiger partial charge in [-0.15, -0.1) is 22.7 Å². The first-order valence-corrected chi connectivity index (χ1v) is 15.3. The molecule has 3 aromatic rings. The molecule has 0 N–H and O–H groups in total. The van der Waals surface area contributed by atoms with Crippen molar-refractivity contribution in [1.82, 2.24) is 0 Å². The van der Waals surface area contributed by atoms with Crippen molar-refractivity contribution in [2.75, 3.05) is 13.2 Å². The van der Waals surface area contributed by atoms with Gasteiger partial charge in [0.05, 0.1) is 30.2 Å². The van der Waals surface area contributed by atoms with Gasteiger partial charge in [-0.05, 0) is 68.7 Å². The van der Waals surface area contributed by atoms with Gasteiger partial charge in [-0.3, -0.25) is 0 Å². The fraction of sp³-hybridized carbons (Fsp3) is 0.615. The molecule has 0 unspecified atom stereocenters. The van der Waals surface area contributed by atoms with Crippen LogP contribution in [0, 0.1) is 11.8 Å². The molecule has 0 saturated carbocycles. The highest BCUT2D eigenvalue weighted by Crippen LogP contribution is 2.51. The largest absolute Gasteiger partial charge is 0.491 e. The summed E-state index contributed by atoms with van der Waals surface area (Å²) in [5.41, 5.74) is 0. The molecular weight excluding hydrogens is 568 g/mol. The quantitative estimate of drug-likeness (QED) is 0.182. The highest BCUT2D eigenvalue weighted by molar-refractivity contribution is 9.11. The standard InChI is InChI=1S/C26H36Br2O2S2/c1-5-9-11-17(7-3)15-29-23-19-13-21(27)32-26(19)24(20-14-22(28)31-25(20)23)30-16-18(8-4)12-10-6-2/h13-14,17-18H,5-12,15-16H2,1-4H3/t17-,18+. The van der Waals surface area contributed by atoms with E-state index in [-0.39, 0.29) is 0 Å². The Hall–Kier alpha value is -0.300.